The minimum Gasteiger partial charge on any atom is -0.480 e. The van der Waals surface area contributed by atoms with E-state index in [1.165, 1.54) is 30.5 Å². The van der Waals surface area contributed by atoms with Crippen LogP contribution in [-0.2, 0) is 20.6 Å². The number of carboxylic acid groups (broad SMARTS) is 1. The van der Waals surface area contributed by atoms with E-state index in [9.17, 15) is 24.1 Å². The average Bonchev–Trinajstić information content (AvgIpc) is 2.82. The molecule has 0 radical (unpaired) electrons. The Morgan fingerprint density at radius 3 is 2.30 bits per heavy atom. The quantitative estimate of drug-likeness (QED) is 0.234. The molecule has 2 aromatic carbocycles. The van der Waals surface area contributed by atoms with E-state index in [4.69, 9.17) is 9.79 Å². The van der Waals surface area contributed by atoms with Crippen LogP contribution in [0.25, 0.3) is 10.9 Å². The van der Waals surface area contributed by atoms with E-state index in [0.29, 0.717) is 11.1 Å². The second kappa shape index (κ2) is 12.0. The van der Waals surface area contributed by atoms with Gasteiger partial charge < -0.3 is 20.3 Å². The topological polar surface area (TPSA) is 175 Å². The first-order valence-corrected chi connectivity index (χ1v) is 13.0. The fourth-order valence-corrected chi connectivity index (χ4v) is 4.07. The standard InChI is InChI=1S/C25H28N3O8P/c1-15(2)11-22(25(31)32)28-24(30)21(12-16-7-9-19(10-8-16)36-37(33,34)35)27-23(29)18-13-17-5-3-4-6-20(17)26-14-18/h3-10,13-15,21-22H,11-12H2,1-2H3,(H,27,29)(H,28,30)(H,31,32)(H2,33,34,35). The number of carbonyl (C=O) groups is 3. The van der Waals surface area contributed by atoms with Crippen LogP contribution in [0.15, 0.2) is 60.8 Å². The molecule has 37 heavy (non-hydrogen) atoms. The molecular weight excluding hydrogens is 501 g/mol. The van der Waals surface area contributed by atoms with Crippen molar-refractivity contribution in [1.82, 2.24) is 15.6 Å². The van der Waals surface area contributed by atoms with Crippen LogP contribution >= 0.6 is 7.82 Å². The Kier molecular flexibility index (Phi) is 8.99. The van der Waals surface area contributed by atoms with Gasteiger partial charge in [0.25, 0.3) is 5.91 Å². The summed E-state index contributed by atoms with van der Waals surface area (Å²) < 4.78 is 15.6. The van der Waals surface area contributed by atoms with Crippen LogP contribution in [0.5, 0.6) is 5.75 Å². The number of carbonyl (C=O) groups excluding carboxylic acids is 2. The number of nitrogens with one attached hydrogen (secondary N) is 2. The highest BCUT2D eigenvalue weighted by Crippen LogP contribution is 2.37. The Hall–Kier alpha value is -3.79. The van der Waals surface area contributed by atoms with Gasteiger partial charge in [-0.2, -0.15) is 0 Å². The lowest BCUT2D eigenvalue weighted by atomic mass is 10.0. The second-order valence-corrected chi connectivity index (χ2v) is 10.1. The van der Waals surface area contributed by atoms with Crippen LogP contribution in [0.3, 0.4) is 0 Å². The third-order valence-electron chi connectivity index (χ3n) is 5.38. The minimum absolute atomic E-state index is 0.000293. The van der Waals surface area contributed by atoms with E-state index in [0.717, 1.165) is 5.39 Å². The van der Waals surface area contributed by atoms with E-state index in [-0.39, 0.29) is 30.1 Å². The van der Waals surface area contributed by atoms with E-state index in [2.05, 4.69) is 20.1 Å². The van der Waals surface area contributed by atoms with Crippen LogP contribution in [0, 0.1) is 5.92 Å². The first-order valence-electron chi connectivity index (χ1n) is 11.4. The zero-order valence-electron chi connectivity index (χ0n) is 20.2. The summed E-state index contributed by atoms with van der Waals surface area (Å²) >= 11 is 0. The number of aliphatic carboxylic acids is 1. The monoisotopic (exact) mass is 529 g/mol. The largest absolute Gasteiger partial charge is 0.524 e. The Morgan fingerprint density at radius 1 is 1.00 bits per heavy atom. The lowest BCUT2D eigenvalue weighted by Gasteiger charge is -2.22. The summed E-state index contributed by atoms with van der Waals surface area (Å²) in [6.07, 6.45) is 1.56. The fraction of sp³-hybridized carbons (Fsp3) is 0.280. The van der Waals surface area contributed by atoms with Crippen molar-refractivity contribution in [3.8, 4) is 5.75 Å². The minimum atomic E-state index is -4.74. The van der Waals surface area contributed by atoms with Gasteiger partial charge in [0, 0.05) is 18.0 Å². The maximum absolute atomic E-state index is 13.1. The fourth-order valence-electron chi connectivity index (χ4n) is 3.67. The predicted molar refractivity (Wildman–Crippen MR) is 135 cm³/mol. The number of hydrogen-bond donors (Lipinski definition) is 5. The summed E-state index contributed by atoms with van der Waals surface area (Å²) in [6.45, 7) is 3.66. The number of phosphoric acid groups is 1. The first-order chi connectivity index (χ1) is 17.4. The molecular formula is C25H28N3O8P. The number of para-hydroxylation sites is 1. The molecule has 0 saturated carbocycles. The van der Waals surface area contributed by atoms with Crippen LogP contribution in [0.4, 0.5) is 0 Å². The summed E-state index contributed by atoms with van der Waals surface area (Å²) in [5.41, 5.74) is 1.45. The van der Waals surface area contributed by atoms with Crippen molar-refractivity contribution in [2.45, 2.75) is 38.8 Å². The number of amides is 2. The van der Waals surface area contributed by atoms with Crippen LogP contribution in [0.2, 0.25) is 0 Å². The first kappa shape index (κ1) is 27.8. The third kappa shape index (κ3) is 8.38. The Morgan fingerprint density at radius 2 is 1.68 bits per heavy atom. The number of pyridine rings is 1. The summed E-state index contributed by atoms with van der Waals surface area (Å²) in [5.74, 6) is -2.53. The summed E-state index contributed by atoms with van der Waals surface area (Å²) in [7, 11) is -4.74. The molecule has 11 nitrogen and oxygen atoms in total. The highest BCUT2D eigenvalue weighted by Gasteiger charge is 2.28. The van der Waals surface area contributed by atoms with Gasteiger partial charge in [0.15, 0.2) is 0 Å². The maximum atomic E-state index is 13.1. The third-order valence-corrected chi connectivity index (χ3v) is 5.83. The molecule has 0 aliphatic carbocycles. The van der Waals surface area contributed by atoms with Gasteiger partial charge in [-0.1, -0.05) is 44.2 Å². The molecule has 3 rings (SSSR count). The van der Waals surface area contributed by atoms with Crippen molar-refractivity contribution in [2.75, 3.05) is 0 Å². The molecule has 1 heterocycles. The number of nitrogens with zero attached hydrogens (tertiary/aromatic N) is 1. The molecule has 1 aromatic heterocycles. The van der Waals surface area contributed by atoms with E-state index in [1.807, 2.05) is 26.0 Å². The maximum Gasteiger partial charge on any atom is 0.524 e. The zero-order valence-corrected chi connectivity index (χ0v) is 21.1. The van der Waals surface area contributed by atoms with Crippen LogP contribution in [0.1, 0.15) is 36.2 Å². The Balaban J connectivity index is 1.83. The molecule has 0 saturated heterocycles. The lowest BCUT2D eigenvalue weighted by Crippen LogP contribution is -2.52. The predicted octanol–water partition coefficient (Wildman–Crippen LogP) is 2.66. The molecule has 5 N–H and O–H groups in total. The molecule has 2 atom stereocenters. The van der Waals surface area contributed by atoms with Gasteiger partial charge in [0.05, 0.1) is 11.1 Å². The number of carboxylic acids is 1. The Bertz CT molecular complexity index is 1320. The van der Waals surface area contributed by atoms with Gasteiger partial charge in [-0.05, 0) is 42.2 Å². The molecule has 196 valence electrons. The van der Waals surface area contributed by atoms with Gasteiger partial charge in [0.2, 0.25) is 5.91 Å². The van der Waals surface area contributed by atoms with Crippen molar-refractivity contribution in [2.24, 2.45) is 5.92 Å². The van der Waals surface area contributed by atoms with Crippen molar-refractivity contribution < 1.29 is 38.4 Å². The van der Waals surface area contributed by atoms with Gasteiger partial charge in [-0.15, -0.1) is 0 Å². The van der Waals surface area contributed by atoms with Gasteiger partial charge in [-0.25, -0.2) is 9.36 Å². The van der Waals surface area contributed by atoms with Gasteiger partial charge in [0.1, 0.15) is 17.8 Å². The summed E-state index contributed by atoms with van der Waals surface area (Å²) in [4.78, 5) is 60.1. The van der Waals surface area contributed by atoms with Crippen molar-refractivity contribution in [3.63, 3.8) is 0 Å². The molecule has 2 amide bonds. The summed E-state index contributed by atoms with van der Waals surface area (Å²) in [5, 5.41) is 15.4. The van der Waals surface area contributed by atoms with E-state index < -0.39 is 37.7 Å². The zero-order chi connectivity index (χ0) is 27.2. The number of benzene rings is 2. The normalized spacial score (nSPS) is 13.1. The number of hydrogen-bond acceptors (Lipinski definition) is 6. The molecule has 0 bridgehead atoms. The smallest absolute Gasteiger partial charge is 0.480 e. The molecule has 0 aliphatic heterocycles. The molecule has 3 aromatic rings. The van der Waals surface area contributed by atoms with Crippen molar-refractivity contribution >= 4 is 36.5 Å². The van der Waals surface area contributed by atoms with E-state index >= 15 is 0 Å². The van der Waals surface area contributed by atoms with Gasteiger partial charge in [-0.3, -0.25) is 24.4 Å². The van der Waals surface area contributed by atoms with Crippen molar-refractivity contribution in [3.05, 3.63) is 71.9 Å². The number of rotatable bonds is 11. The van der Waals surface area contributed by atoms with Crippen molar-refractivity contribution in [1.29, 1.82) is 0 Å². The molecule has 12 heteroatoms. The molecule has 0 aliphatic rings. The number of aromatic nitrogens is 1. The highest BCUT2D eigenvalue weighted by atomic mass is 31.2. The number of phosphoric ester groups is 1. The van der Waals surface area contributed by atoms with Gasteiger partial charge >= 0.3 is 13.8 Å². The summed E-state index contributed by atoms with van der Waals surface area (Å²) in [6, 6.07) is 12.2. The molecule has 2 unspecified atom stereocenters. The average molecular weight is 529 g/mol. The van der Waals surface area contributed by atoms with Crippen LogP contribution in [-0.4, -0.2) is 49.7 Å². The second-order valence-electron chi connectivity index (χ2n) is 8.90. The lowest BCUT2D eigenvalue weighted by molar-refractivity contribution is -0.142. The SMILES string of the molecule is CC(C)CC(NC(=O)C(Cc1ccc(OP(=O)(O)O)cc1)NC(=O)c1cnc2ccccc2c1)C(=O)O. The Labute approximate surface area is 213 Å². The highest BCUT2D eigenvalue weighted by molar-refractivity contribution is 7.46. The molecule has 0 fully saturated rings. The number of fused-ring (bicyclic) bond motifs is 1. The molecule has 0 spiro atoms. The van der Waals surface area contributed by atoms with Crippen LogP contribution < -0.4 is 15.2 Å². The van der Waals surface area contributed by atoms with E-state index in [1.54, 1.807) is 18.2 Å².